The lowest BCUT2D eigenvalue weighted by atomic mass is 10.1. The molecule has 10 rings (SSSR count). The monoisotopic (exact) mass is 1050 g/mol. The minimum Gasteiger partial charge on any atom is -0.497 e. The first-order chi connectivity index (χ1) is 36.7. The van der Waals surface area contributed by atoms with Crippen LogP contribution in [-0.4, -0.2) is 88.5 Å². The lowest BCUT2D eigenvalue weighted by Gasteiger charge is -2.12. The summed E-state index contributed by atoms with van der Waals surface area (Å²) in [6.45, 7) is 2.21. The summed E-state index contributed by atoms with van der Waals surface area (Å²) in [5.41, 5.74) is 3.99. The molecule has 0 atom stereocenters. The number of aliphatic hydroxyl groups is 1. The maximum atomic E-state index is 13.2. The molecule has 0 aliphatic carbocycles. The van der Waals surface area contributed by atoms with E-state index in [0.717, 1.165) is 33.2 Å². The molecule has 0 aliphatic rings. The Bertz CT molecular complexity index is 3250. The van der Waals surface area contributed by atoms with E-state index in [0.29, 0.717) is 56.1 Å². The van der Waals surface area contributed by atoms with Crippen LogP contribution in [-0.2, 0) is 13.2 Å². The molecule has 4 heterocycles. The summed E-state index contributed by atoms with van der Waals surface area (Å²) in [5, 5.41) is 27.9. The zero-order valence-electron chi connectivity index (χ0n) is 40.7. The molecule has 0 saturated heterocycles. The van der Waals surface area contributed by atoms with Crippen molar-refractivity contribution in [1.82, 2.24) is 39.5 Å². The van der Waals surface area contributed by atoms with E-state index in [1.54, 1.807) is 33.5 Å². The number of fused-ring (bicyclic) bond motifs is 2. The topological polar surface area (TPSA) is 178 Å². The number of hydrogen-bond acceptors (Lipinski definition) is 15. The maximum Gasteiger partial charge on any atom is 0.196 e. The number of carbonyl (C=O) groups excluding carboxylic acids is 2. The van der Waals surface area contributed by atoms with Crippen molar-refractivity contribution in [3.05, 3.63) is 205 Å². The van der Waals surface area contributed by atoms with Crippen LogP contribution < -0.4 is 18.9 Å². The van der Waals surface area contributed by atoms with E-state index in [1.165, 1.54) is 72.1 Å². The van der Waals surface area contributed by atoms with Crippen LogP contribution >= 0.6 is 23.5 Å². The van der Waals surface area contributed by atoms with Crippen LogP contribution in [0, 0.1) is 11.6 Å². The van der Waals surface area contributed by atoms with Gasteiger partial charge >= 0.3 is 0 Å². The minimum absolute atomic E-state index is 0.119. The molecule has 0 unspecified atom stereocenters. The van der Waals surface area contributed by atoms with Crippen molar-refractivity contribution in [2.45, 2.75) is 30.5 Å². The molecular formula is C56H48F2N8O7S2. The molecule has 1 N–H and O–H groups in total. The van der Waals surface area contributed by atoms with Crippen LogP contribution in [0.2, 0.25) is 0 Å². The molecule has 0 saturated carbocycles. The van der Waals surface area contributed by atoms with Crippen molar-refractivity contribution >= 4 is 56.9 Å². The average Bonchev–Trinajstić information content (AvgIpc) is 4.07. The fourth-order valence-corrected chi connectivity index (χ4v) is 9.05. The number of aromatic nitrogens is 8. The Kier molecular flexibility index (Phi) is 18.2. The van der Waals surface area contributed by atoms with Gasteiger partial charge in [-0.2, -0.15) is 0 Å². The van der Waals surface area contributed by atoms with Crippen LogP contribution in [0.15, 0.2) is 180 Å². The van der Waals surface area contributed by atoms with Crippen LogP contribution in [0.1, 0.15) is 39.3 Å². The van der Waals surface area contributed by atoms with Crippen molar-refractivity contribution in [2.75, 3.05) is 32.3 Å². The number of rotatable bonds is 18. The third kappa shape index (κ3) is 13.6. The predicted molar refractivity (Wildman–Crippen MR) is 284 cm³/mol. The highest BCUT2D eigenvalue weighted by atomic mass is 32.2. The number of para-hydroxylation sites is 2. The number of ketones is 2. The standard InChI is InChI=1S/2C27H21FN4O3S.C2H6O/c2*1-34-22-13-11-21(12-14-22)32-25(16-35-24-6-2-4-19-5-3-15-29-26(19)24)30-31-27(32)36-17-23(33)18-7-9-20(28)10-8-18;1-2-3/h2*2-15H,16-17H2,1H3;3H,2H2,1H3. The summed E-state index contributed by atoms with van der Waals surface area (Å²) in [6, 6.07) is 45.1. The Labute approximate surface area is 438 Å². The number of ether oxygens (including phenoxy) is 4. The van der Waals surface area contributed by atoms with Gasteiger partial charge in [-0.05, 0) is 128 Å². The number of hydrogen-bond donors (Lipinski definition) is 1. The molecule has 0 aliphatic heterocycles. The van der Waals surface area contributed by atoms with Crippen molar-refractivity contribution < 1.29 is 42.4 Å². The van der Waals surface area contributed by atoms with Gasteiger partial charge in [0.15, 0.2) is 33.5 Å². The second kappa shape index (κ2) is 25.9. The molecule has 0 radical (unpaired) electrons. The molecule has 75 heavy (non-hydrogen) atoms. The van der Waals surface area contributed by atoms with Gasteiger partial charge in [0.2, 0.25) is 0 Å². The number of nitrogens with zero attached hydrogens (tertiary/aromatic N) is 8. The van der Waals surface area contributed by atoms with Crippen molar-refractivity contribution in [2.24, 2.45) is 0 Å². The molecule has 4 aromatic heterocycles. The van der Waals surface area contributed by atoms with E-state index in [2.05, 4.69) is 30.4 Å². The Morgan fingerprint density at radius 1 is 0.520 bits per heavy atom. The number of carbonyl (C=O) groups is 2. The molecule has 19 heteroatoms. The third-order valence-corrected chi connectivity index (χ3v) is 12.8. The fraction of sp³-hybridized carbons (Fsp3) is 0.143. The third-order valence-electron chi connectivity index (χ3n) is 11.0. The zero-order chi connectivity index (χ0) is 52.5. The predicted octanol–water partition coefficient (Wildman–Crippen LogP) is 11.0. The molecule has 0 bridgehead atoms. The molecule has 0 spiro atoms. The molecule has 6 aromatic carbocycles. The highest BCUT2D eigenvalue weighted by Crippen LogP contribution is 2.30. The number of pyridine rings is 2. The lowest BCUT2D eigenvalue weighted by molar-refractivity contribution is 0.101. The van der Waals surface area contributed by atoms with Gasteiger partial charge in [-0.3, -0.25) is 28.7 Å². The Balaban J connectivity index is 0.000000189. The number of Topliss-reactive ketones (excluding diaryl/α,β-unsaturated/α-hetero) is 2. The normalized spacial score (nSPS) is 10.7. The minimum atomic E-state index is -0.385. The van der Waals surface area contributed by atoms with E-state index in [9.17, 15) is 18.4 Å². The van der Waals surface area contributed by atoms with Crippen LogP contribution in [0.25, 0.3) is 33.2 Å². The Morgan fingerprint density at radius 3 is 1.27 bits per heavy atom. The zero-order valence-corrected chi connectivity index (χ0v) is 42.4. The summed E-state index contributed by atoms with van der Waals surface area (Å²) < 4.78 is 52.9. The molecule has 380 valence electrons. The first-order valence-electron chi connectivity index (χ1n) is 23.2. The van der Waals surface area contributed by atoms with E-state index >= 15 is 0 Å². The van der Waals surface area contributed by atoms with Gasteiger partial charge < -0.3 is 24.1 Å². The van der Waals surface area contributed by atoms with Gasteiger partial charge in [-0.25, -0.2) is 8.78 Å². The van der Waals surface area contributed by atoms with Gasteiger partial charge in [0.1, 0.15) is 58.9 Å². The van der Waals surface area contributed by atoms with Crippen LogP contribution in [0.3, 0.4) is 0 Å². The summed E-state index contributed by atoms with van der Waals surface area (Å²) in [6.07, 6.45) is 3.45. The number of benzene rings is 6. The van der Waals surface area contributed by atoms with E-state index < -0.39 is 0 Å². The van der Waals surface area contributed by atoms with E-state index in [1.807, 2.05) is 118 Å². The molecular weight excluding hydrogens is 999 g/mol. The van der Waals surface area contributed by atoms with E-state index in [-0.39, 0.29) is 54.5 Å². The van der Waals surface area contributed by atoms with Crippen molar-refractivity contribution in [3.63, 3.8) is 0 Å². The second-order valence-electron chi connectivity index (χ2n) is 15.9. The van der Waals surface area contributed by atoms with Gasteiger partial charge in [-0.15, -0.1) is 20.4 Å². The van der Waals surface area contributed by atoms with Gasteiger partial charge in [-0.1, -0.05) is 59.9 Å². The van der Waals surface area contributed by atoms with Crippen LogP contribution in [0.4, 0.5) is 8.78 Å². The SMILES string of the molecule is CCO.COc1ccc(-n2c(COc3cccc4cccnc34)nnc2SCC(=O)c2ccc(F)cc2)cc1.COc1ccc(-n2c(COc3cccc4cccnc34)nnc2SCC(=O)c2ccc(F)cc2)cc1. The molecule has 0 fully saturated rings. The average molecular weight is 1050 g/mol. The van der Waals surface area contributed by atoms with Gasteiger partial charge in [0, 0.05) is 52.3 Å². The lowest BCUT2D eigenvalue weighted by Crippen LogP contribution is -2.08. The number of thioether (sulfide) groups is 2. The highest BCUT2D eigenvalue weighted by molar-refractivity contribution is 8.00. The number of aliphatic hydroxyl groups excluding tert-OH is 1. The summed E-state index contributed by atoms with van der Waals surface area (Å²) >= 11 is 2.50. The second-order valence-corrected chi connectivity index (χ2v) is 17.7. The van der Waals surface area contributed by atoms with Gasteiger partial charge in [0.05, 0.1) is 25.7 Å². The number of halogens is 2. The quantitative estimate of drug-likeness (QED) is 0.0633. The smallest absolute Gasteiger partial charge is 0.196 e. The highest BCUT2D eigenvalue weighted by Gasteiger charge is 2.20. The summed E-state index contributed by atoms with van der Waals surface area (Å²) in [4.78, 5) is 34.2. The van der Waals surface area contributed by atoms with Crippen molar-refractivity contribution in [1.29, 1.82) is 0 Å². The largest absolute Gasteiger partial charge is 0.497 e. The van der Waals surface area contributed by atoms with Crippen molar-refractivity contribution in [3.8, 4) is 34.4 Å². The first-order valence-corrected chi connectivity index (χ1v) is 25.2. The maximum absolute atomic E-state index is 13.2. The summed E-state index contributed by atoms with van der Waals surface area (Å²) in [7, 11) is 3.21. The molecule has 15 nitrogen and oxygen atoms in total. The van der Waals surface area contributed by atoms with Crippen LogP contribution in [0.5, 0.6) is 23.0 Å². The number of methoxy groups -OCH3 is 2. The molecule has 0 amide bonds. The summed E-state index contributed by atoms with van der Waals surface area (Å²) in [5.74, 6) is 3.02. The fourth-order valence-electron chi connectivity index (χ4n) is 7.32. The Morgan fingerprint density at radius 2 is 0.893 bits per heavy atom. The Hall–Kier alpha value is -8.52. The first kappa shape index (κ1) is 52.8. The molecule has 10 aromatic rings. The van der Waals surface area contributed by atoms with E-state index in [4.69, 9.17) is 24.1 Å². The van der Waals surface area contributed by atoms with Gasteiger partial charge in [0.25, 0.3) is 0 Å².